The quantitative estimate of drug-likeness (QED) is 0.679. The molecule has 28 heavy (non-hydrogen) atoms. The number of nitrogens with zero attached hydrogens (tertiary/aromatic N) is 2. The normalized spacial score (nSPS) is 15.1. The Balaban J connectivity index is 2.30. The predicted molar refractivity (Wildman–Crippen MR) is 109 cm³/mol. The van der Waals surface area contributed by atoms with Crippen molar-refractivity contribution in [2.24, 2.45) is 0 Å². The number of esters is 1. The molecule has 0 atom stereocenters. The first-order chi connectivity index (χ1) is 13.1. The molecule has 1 aromatic carbocycles. The van der Waals surface area contributed by atoms with E-state index in [1.165, 1.54) is 11.7 Å². The number of ether oxygens (including phenoxy) is 2. The molecule has 3 rings (SSSR count). The summed E-state index contributed by atoms with van der Waals surface area (Å²) in [5.41, 5.74) is 1.83. The first kappa shape index (κ1) is 20.3. The molecule has 7 heteroatoms. The monoisotopic (exact) mass is 404 g/mol. The number of hydrogen-bond acceptors (Lipinski definition) is 5. The minimum Gasteiger partial charge on any atom is -0.466 e. The molecule has 1 aromatic heterocycles. The highest BCUT2D eigenvalue weighted by molar-refractivity contribution is 6.31. The molecule has 6 nitrogen and oxygen atoms in total. The fourth-order valence-corrected chi connectivity index (χ4v) is 3.67. The van der Waals surface area contributed by atoms with Gasteiger partial charge in [-0.05, 0) is 57.9 Å². The van der Waals surface area contributed by atoms with E-state index in [9.17, 15) is 9.59 Å². The summed E-state index contributed by atoms with van der Waals surface area (Å²) in [5.74, 6) is -0.388. The van der Waals surface area contributed by atoms with Gasteiger partial charge in [0.15, 0.2) is 0 Å². The molecule has 0 amide bonds. The molecule has 2 aromatic rings. The van der Waals surface area contributed by atoms with Gasteiger partial charge in [-0.1, -0.05) is 11.6 Å². The number of benzene rings is 1. The van der Waals surface area contributed by atoms with Crippen molar-refractivity contribution < 1.29 is 19.1 Å². The number of halogens is 1. The third kappa shape index (κ3) is 3.87. The molecule has 2 heterocycles. The lowest BCUT2D eigenvalue weighted by atomic mass is 10.0. The Hall–Kier alpha value is -2.47. The van der Waals surface area contributed by atoms with E-state index in [4.69, 9.17) is 21.1 Å². The first-order valence-electron chi connectivity index (χ1n) is 9.19. The van der Waals surface area contributed by atoms with Crippen molar-refractivity contribution >= 4 is 40.3 Å². The van der Waals surface area contributed by atoms with Crippen LogP contribution in [0.25, 0.3) is 16.6 Å². The van der Waals surface area contributed by atoms with Crippen molar-refractivity contribution in [1.29, 1.82) is 0 Å². The van der Waals surface area contributed by atoms with E-state index in [1.807, 2.05) is 38.8 Å². The van der Waals surface area contributed by atoms with Crippen LogP contribution in [-0.2, 0) is 14.3 Å². The second kappa shape index (κ2) is 7.51. The van der Waals surface area contributed by atoms with Gasteiger partial charge < -0.3 is 14.4 Å². The Morgan fingerprint density at radius 3 is 2.54 bits per heavy atom. The zero-order chi connectivity index (χ0) is 20.6. The number of carbonyl (C=O) groups excluding carboxylic acids is 2. The van der Waals surface area contributed by atoms with Gasteiger partial charge in [-0.2, -0.15) is 0 Å². The standard InChI is InChI=1S/C21H25ClN2O4/c1-21(2,3)28-20(26)24-16-9-8-14(22)11-13(16)12-17(24)18-15(19(25)27-5)7-6-10-23(18)4/h8-9,11-12H,6-7,10H2,1-5H3. The van der Waals surface area contributed by atoms with Crippen LogP contribution in [0.4, 0.5) is 4.79 Å². The van der Waals surface area contributed by atoms with Crippen molar-refractivity contribution in [2.45, 2.75) is 39.2 Å². The maximum Gasteiger partial charge on any atom is 0.419 e. The highest BCUT2D eigenvalue weighted by Gasteiger charge is 2.30. The zero-order valence-corrected chi connectivity index (χ0v) is 17.6. The maximum absolute atomic E-state index is 13.1. The van der Waals surface area contributed by atoms with Crippen molar-refractivity contribution in [3.05, 3.63) is 40.6 Å². The Labute approximate surface area is 169 Å². The molecule has 1 aliphatic heterocycles. The number of aromatic nitrogens is 1. The van der Waals surface area contributed by atoms with Crippen LogP contribution in [-0.4, -0.2) is 47.8 Å². The molecule has 0 fully saturated rings. The van der Waals surface area contributed by atoms with Crippen molar-refractivity contribution in [3.63, 3.8) is 0 Å². The van der Waals surface area contributed by atoms with Crippen molar-refractivity contribution in [1.82, 2.24) is 9.47 Å². The number of methoxy groups -OCH3 is 1. The predicted octanol–water partition coefficient (Wildman–Crippen LogP) is 4.69. The molecular weight excluding hydrogens is 380 g/mol. The highest BCUT2D eigenvalue weighted by Crippen LogP contribution is 2.35. The molecule has 0 bridgehead atoms. The summed E-state index contributed by atoms with van der Waals surface area (Å²) in [7, 11) is 3.27. The third-order valence-electron chi connectivity index (χ3n) is 4.60. The van der Waals surface area contributed by atoms with E-state index in [0.29, 0.717) is 33.9 Å². The molecule has 0 N–H and O–H groups in total. The van der Waals surface area contributed by atoms with Crippen LogP contribution in [0, 0.1) is 0 Å². The van der Waals surface area contributed by atoms with Gasteiger partial charge in [-0.25, -0.2) is 14.2 Å². The summed E-state index contributed by atoms with van der Waals surface area (Å²) in [6.07, 6.45) is 0.918. The summed E-state index contributed by atoms with van der Waals surface area (Å²) in [4.78, 5) is 27.5. The summed E-state index contributed by atoms with van der Waals surface area (Å²) in [6, 6.07) is 7.18. The lowest BCUT2D eigenvalue weighted by molar-refractivity contribution is -0.136. The van der Waals surface area contributed by atoms with Gasteiger partial charge in [-0.3, -0.25) is 0 Å². The van der Waals surface area contributed by atoms with Crippen LogP contribution in [0.1, 0.15) is 39.3 Å². The van der Waals surface area contributed by atoms with E-state index >= 15 is 0 Å². The van der Waals surface area contributed by atoms with E-state index in [1.54, 1.807) is 18.2 Å². The van der Waals surface area contributed by atoms with Gasteiger partial charge in [-0.15, -0.1) is 0 Å². The average molecular weight is 405 g/mol. The van der Waals surface area contributed by atoms with E-state index in [2.05, 4.69) is 0 Å². The lowest BCUT2D eigenvalue weighted by Crippen LogP contribution is -2.31. The van der Waals surface area contributed by atoms with Crippen LogP contribution in [0.2, 0.25) is 5.02 Å². The van der Waals surface area contributed by atoms with Crippen molar-refractivity contribution in [2.75, 3.05) is 20.7 Å². The minimum absolute atomic E-state index is 0.388. The molecule has 0 aliphatic carbocycles. The summed E-state index contributed by atoms with van der Waals surface area (Å²) in [5, 5.41) is 1.36. The largest absolute Gasteiger partial charge is 0.466 e. The van der Waals surface area contributed by atoms with Gasteiger partial charge in [0.05, 0.1) is 29.6 Å². The number of fused-ring (bicyclic) bond motifs is 1. The summed E-state index contributed by atoms with van der Waals surface area (Å²) < 4.78 is 12.1. The Morgan fingerprint density at radius 2 is 1.89 bits per heavy atom. The number of hydrogen-bond donors (Lipinski definition) is 0. The summed E-state index contributed by atoms with van der Waals surface area (Å²) in [6.45, 7) is 6.23. The van der Waals surface area contributed by atoms with Gasteiger partial charge in [0.1, 0.15) is 5.60 Å². The smallest absolute Gasteiger partial charge is 0.419 e. The second-order valence-corrected chi connectivity index (χ2v) is 8.33. The van der Waals surface area contributed by atoms with Gasteiger partial charge in [0, 0.05) is 24.0 Å². The average Bonchev–Trinajstić information content (AvgIpc) is 2.97. The number of rotatable bonds is 2. The first-order valence-corrected chi connectivity index (χ1v) is 9.57. The minimum atomic E-state index is -0.657. The third-order valence-corrected chi connectivity index (χ3v) is 4.84. The van der Waals surface area contributed by atoms with Crippen LogP contribution in [0.15, 0.2) is 29.8 Å². The zero-order valence-electron chi connectivity index (χ0n) is 16.8. The summed E-state index contributed by atoms with van der Waals surface area (Å²) >= 11 is 6.16. The number of carbonyl (C=O) groups is 2. The van der Waals surface area contributed by atoms with E-state index < -0.39 is 11.7 Å². The maximum atomic E-state index is 13.1. The Morgan fingerprint density at radius 1 is 1.18 bits per heavy atom. The fraction of sp³-hybridized carbons (Fsp3) is 0.429. The molecule has 0 saturated heterocycles. The molecule has 0 spiro atoms. The Bertz CT molecular complexity index is 969. The van der Waals surface area contributed by atoms with Crippen LogP contribution in [0.5, 0.6) is 0 Å². The fourth-order valence-electron chi connectivity index (χ4n) is 3.49. The Kier molecular flexibility index (Phi) is 5.44. The van der Waals surface area contributed by atoms with Gasteiger partial charge >= 0.3 is 12.1 Å². The van der Waals surface area contributed by atoms with Crippen LogP contribution < -0.4 is 0 Å². The van der Waals surface area contributed by atoms with E-state index in [-0.39, 0.29) is 5.97 Å². The van der Waals surface area contributed by atoms with Gasteiger partial charge in [0.2, 0.25) is 0 Å². The van der Waals surface area contributed by atoms with Crippen molar-refractivity contribution in [3.8, 4) is 0 Å². The molecule has 0 unspecified atom stereocenters. The topological polar surface area (TPSA) is 60.8 Å². The van der Waals surface area contributed by atoms with Gasteiger partial charge in [0.25, 0.3) is 0 Å². The second-order valence-electron chi connectivity index (χ2n) is 7.89. The molecular formula is C21H25ClN2O4. The van der Waals surface area contributed by atoms with E-state index in [0.717, 1.165) is 18.4 Å². The molecule has 0 saturated carbocycles. The SMILES string of the molecule is COC(=O)C1=C(c2cc3cc(Cl)ccc3n2C(=O)OC(C)(C)C)N(C)CCC1. The molecule has 1 aliphatic rings. The molecule has 150 valence electrons. The van der Waals surface area contributed by atoms with Crippen LogP contribution >= 0.6 is 11.6 Å². The lowest BCUT2D eigenvalue weighted by Gasteiger charge is -2.30. The van der Waals surface area contributed by atoms with Crippen LogP contribution in [0.3, 0.4) is 0 Å². The molecule has 0 radical (unpaired) electrons. The highest BCUT2D eigenvalue weighted by atomic mass is 35.5.